The summed E-state index contributed by atoms with van der Waals surface area (Å²) in [4.78, 5) is 23.9. The van der Waals surface area contributed by atoms with Crippen molar-refractivity contribution in [1.82, 2.24) is 5.32 Å². The van der Waals surface area contributed by atoms with Crippen LogP contribution >= 0.6 is 11.8 Å². The molecule has 0 spiro atoms. The lowest BCUT2D eigenvalue weighted by atomic mass is 10.2. The Morgan fingerprint density at radius 1 is 1.29 bits per heavy atom. The summed E-state index contributed by atoms with van der Waals surface area (Å²) in [5, 5.41) is 5.78. The van der Waals surface area contributed by atoms with E-state index in [9.17, 15) is 9.59 Å². The van der Waals surface area contributed by atoms with Crippen LogP contribution in [-0.2, 0) is 4.79 Å². The van der Waals surface area contributed by atoms with Crippen molar-refractivity contribution in [3.63, 3.8) is 0 Å². The zero-order chi connectivity index (χ0) is 15.5. The van der Waals surface area contributed by atoms with E-state index in [-0.39, 0.29) is 16.6 Å². The minimum Gasteiger partial charge on any atom is -0.349 e. The summed E-state index contributed by atoms with van der Waals surface area (Å²) in [5.74, 6) is 0.287. The first-order chi connectivity index (χ1) is 9.83. The second-order valence-corrected chi connectivity index (χ2v) is 8.08. The molecule has 2 rings (SSSR count). The van der Waals surface area contributed by atoms with Crippen molar-refractivity contribution in [2.75, 3.05) is 11.1 Å². The summed E-state index contributed by atoms with van der Waals surface area (Å²) >= 11 is 1.60. The number of rotatable bonds is 5. The smallest absolute Gasteiger partial charge is 0.251 e. The van der Waals surface area contributed by atoms with Crippen LogP contribution in [0.25, 0.3) is 0 Å². The van der Waals surface area contributed by atoms with Crippen LogP contribution in [0.5, 0.6) is 0 Å². The number of amides is 2. The summed E-state index contributed by atoms with van der Waals surface area (Å²) in [6.07, 6.45) is 2.12. The largest absolute Gasteiger partial charge is 0.349 e. The van der Waals surface area contributed by atoms with Gasteiger partial charge in [-0.05, 0) is 31.0 Å². The molecule has 0 unspecified atom stereocenters. The molecule has 1 aromatic rings. The fraction of sp³-hybridized carbons (Fsp3) is 0.500. The molecule has 2 N–H and O–H groups in total. The molecule has 0 aromatic heterocycles. The molecular weight excluding hydrogens is 284 g/mol. The Hall–Kier alpha value is -1.49. The van der Waals surface area contributed by atoms with Crippen LogP contribution < -0.4 is 10.6 Å². The molecule has 1 aliphatic carbocycles. The van der Waals surface area contributed by atoms with E-state index in [0.29, 0.717) is 23.0 Å². The summed E-state index contributed by atoms with van der Waals surface area (Å²) in [6, 6.07) is 7.40. The van der Waals surface area contributed by atoms with Crippen molar-refractivity contribution in [2.45, 2.75) is 44.4 Å². The van der Waals surface area contributed by atoms with Gasteiger partial charge in [0, 0.05) is 22.0 Å². The lowest BCUT2D eigenvalue weighted by molar-refractivity contribution is -0.113. The number of hydrogen-bond donors (Lipinski definition) is 2. The molecule has 0 heterocycles. The Morgan fingerprint density at radius 2 is 2.00 bits per heavy atom. The molecule has 1 aliphatic rings. The molecule has 1 saturated carbocycles. The van der Waals surface area contributed by atoms with Crippen molar-refractivity contribution in [3.05, 3.63) is 29.8 Å². The average Bonchev–Trinajstić information content (AvgIpc) is 3.20. The quantitative estimate of drug-likeness (QED) is 0.879. The van der Waals surface area contributed by atoms with Gasteiger partial charge in [-0.2, -0.15) is 0 Å². The molecule has 0 saturated heterocycles. The van der Waals surface area contributed by atoms with Crippen LogP contribution in [-0.4, -0.2) is 28.4 Å². The number of anilines is 1. The van der Waals surface area contributed by atoms with Crippen LogP contribution in [0.1, 0.15) is 44.0 Å². The van der Waals surface area contributed by atoms with Gasteiger partial charge >= 0.3 is 0 Å². The number of carbonyl (C=O) groups excluding carboxylic acids is 2. The van der Waals surface area contributed by atoms with Crippen LogP contribution in [0.15, 0.2) is 24.3 Å². The molecular formula is C16H22N2O2S. The van der Waals surface area contributed by atoms with E-state index >= 15 is 0 Å². The van der Waals surface area contributed by atoms with Gasteiger partial charge in [0.05, 0.1) is 5.75 Å². The zero-order valence-corrected chi connectivity index (χ0v) is 13.5. The third kappa shape index (κ3) is 5.79. The highest BCUT2D eigenvalue weighted by molar-refractivity contribution is 8.01. The van der Waals surface area contributed by atoms with Gasteiger partial charge in [-0.3, -0.25) is 9.59 Å². The Bertz CT molecular complexity index is 533. The van der Waals surface area contributed by atoms with E-state index in [0.717, 1.165) is 12.8 Å². The third-order valence-corrected chi connectivity index (χ3v) is 4.23. The maximum absolute atomic E-state index is 12.0. The van der Waals surface area contributed by atoms with Crippen LogP contribution in [0.2, 0.25) is 0 Å². The first-order valence-corrected chi connectivity index (χ1v) is 8.17. The summed E-state index contributed by atoms with van der Waals surface area (Å²) in [5.41, 5.74) is 1.25. The standard InChI is InChI=1S/C16H22N2O2S/c1-16(2,3)21-10-14(19)17-13-6-4-5-11(9-13)15(20)18-12-7-8-12/h4-6,9,12H,7-8,10H2,1-3H3,(H,17,19)(H,18,20). The van der Waals surface area contributed by atoms with Gasteiger partial charge in [0.1, 0.15) is 0 Å². The molecule has 2 amide bonds. The molecule has 0 radical (unpaired) electrons. The Balaban J connectivity index is 1.90. The van der Waals surface area contributed by atoms with Crippen molar-refractivity contribution < 1.29 is 9.59 Å². The van der Waals surface area contributed by atoms with E-state index in [1.165, 1.54) is 0 Å². The second-order valence-electron chi connectivity index (χ2n) is 6.28. The SMILES string of the molecule is CC(C)(C)SCC(=O)Nc1cccc(C(=O)NC2CC2)c1. The fourth-order valence-corrected chi connectivity index (χ4v) is 2.35. The highest BCUT2D eigenvalue weighted by atomic mass is 32.2. The van der Waals surface area contributed by atoms with Gasteiger partial charge in [-0.25, -0.2) is 0 Å². The van der Waals surface area contributed by atoms with E-state index in [1.807, 2.05) is 0 Å². The topological polar surface area (TPSA) is 58.2 Å². The van der Waals surface area contributed by atoms with Crippen molar-refractivity contribution in [1.29, 1.82) is 0 Å². The Labute approximate surface area is 130 Å². The molecule has 5 heteroatoms. The average molecular weight is 306 g/mol. The lowest BCUT2D eigenvalue weighted by Gasteiger charge is -2.17. The Kier molecular flexibility index (Phi) is 4.93. The first-order valence-electron chi connectivity index (χ1n) is 7.18. The first kappa shape index (κ1) is 15.9. The number of benzene rings is 1. The van der Waals surface area contributed by atoms with Gasteiger partial charge in [0.15, 0.2) is 0 Å². The fourth-order valence-electron chi connectivity index (χ4n) is 1.71. The number of hydrogen-bond acceptors (Lipinski definition) is 3. The molecule has 114 valence electrons. The lowest BCUT2D eigenvalue weighted by Crippen LogP contribution is -2.25. The maximum Gasteiger partial charge on any atom is 0.251 e. The number of nitrogens with one attached hydrogen (secondary N) is 2. The molecule has 1 fully saturated rings. The van der Waals surface area contributed by atoms with Gasteiger partial charge in [0.2, 0.25) is 5.91 Å². The molecule has 4 nitrogen and oxygen atoms in total. The monoisotopic (exact) mass is 306 g/mol. The van der Waals surface area contributed by atoms with Crippen LogP contribution in [0, 0.1) is 0 Å². The van der Waals surface area contributed by atoms with Crippen molar-refractivity contribution >= 4 is 29.3 Å². The third-order valence-electron chi connectivity index (χ3n) is 2.96. The highest BCUT2D eigenvalue weighted by Gasteiger charge is 2.23. The zero-order valence-electron chi connectivity index (χ0n) is 12.7. The van der Waals surface area contributed by atoms with E-state index in [4.69, 9.17) is 0 Å². The minimum absolute atomic E-state index is 0.0466. The molecule has 0 aliphatic heterocycles. The molecule has 21 heavy (non-hydrogen) atoms. The summed E-state index contributed by atoms with van der Waals surface area (Å²) in [6.45, 7) is 6.23. The van der Waals surface area contributed by atoms with Gasteiger partial charge in [0.25, 0.3) is 5.91 Å². The maximum atomic E-state index is 12.0. The summed E-state index contributed by atoms with van der Waals surface area (Å²) < 4.78 is 0.0589. The number of thioether (sulfide) groups is 1. The normalized spacial score (nSPS) is 14.6. The molecule has 0 atom stereocenters. The van der Waals surface area contributed by atoms with Crippen LogP contribution in [0.3, 0.4) is 0 Å². The van der Waals surface area contributed by atoms with Crippen molar-refractivity contribution in [3.8, 4) is 0 Å². The molecule has 1 aromatic carbocycles. The predicted octanol–water partition coefficient (Wildman–Crippen LogP) is 3.05. The van der Waals surface area contributed by atoms with E-state index in [1.54, 1.807) is 36.0 Å². The van der Waals surface area contributed by atoms with Gasteiger partial charge in [-0.1, -0.05) is 26.8 Å². The minimum atomic E-state index is -0.0716. The predicted molar refractivity (Wildman–Crippen MR) is 87.8 cm³/mol. The molecule has 0 bridgehead atoms. The van der Waals surface area contributed by atoms with Crippen molar-refractivity contribution in [2.24, 2.45) is 0 Å². The van der Waals surface area contributed by atoms with E-state index < -0.39 is 0 Å². The Morgan fingerprint density at radius 3 is 2.62 bits per heavy atom. The van der Waals surface area contributed by atoms with Gasteiger partial charge in [-0.15, -0.1) is 11.8 Å². The highest BCUT2D eigenvalue weighted by Crippen LogP contribution is 2.23. The summed E-state index contributed by atoms with van der Waals surface area (Å²) in [7, 11) is 0. The number of carbonyl (C=O) groups is 2. The second kappa shape index (κ2) is 6.52. The van der Waals surface area contributed by atoms with Gasteiger partial charge < -0.3 is 10.6 Å². The van der Waals surface area contributed by atoms with E-state index in [2.05, 4.69) is 31.4 Å². The van der Waals surface area contributed by atoms with Crippen LogP contribution in [0.4, 0.5) is 5.69 Å².